The number of benzene rings is 2. The Labute approximate surface area is 166 Å². The first kappa shape index (κ1) is 18.7. The highest BCUT2D eigenvalue weighted by molar-refractivity contribution is 9.10. The highest BCUT2D eigenvalue weighted by atomic mass is 79.9. The Morgan fingerprint density at radius 3 is 2.54 bits per heavy atom. The third-order valence-electron chi connectivity index (χ3n) is 3.78. The number of hydrogen-bond donors (Lipinski definition) is 0. The molecule has 0 bridgehead atoms. The van der Waals surface area contributed by atoms with Crippen LogP contribution in [0.1, 0.15) is 17.0 Å². The maximum absolute atomic E-state index is 5.85. The summed E-state index contributed by atoms with van der Waals surface area (Å²) in [6.45, 7) is 6.93. The van der Waals surface area contributed by atoms with Crippen LogP contribution in [-0.4, -0.2) is 14.8 Å². The average Bonchev–Trinajstić information content (AvgIpc) is 3.03. The first-order valence-corrected chi connectivity index (χ1v) is 10.0. The van der Waals surface area contributed by atoms with Gasteiger partial charge in [-0.2, -0.15) is 0 Å². The summed E-state index contributed by atoms with van der Waals surface area (Å²) in [7, 11) is 0. The molecule has 0 aliphatic carbocycles. The number of rotatable bonds is 8. The molecule has 3 rings (SSSR count). The first-order chi connectivity index (χ1) is 12.7. The summed E-state index contributed by atoms with van der Waals surface area (Å²) >= 11 is 5.12. The van der Waals surface area contributed by atoms with Crippen molar-refractivity contribution in [2.45, 2.75) is 31.0 Å². The fourth-order valence-electron chi connectivity index (χ4n) is 2.36. The molecule has 0 saturated heterocycles. The van der Waals surface area contributed by atoms with Crippen LogP contribution in [0.4, 0.5) is 0 Å². The van der Waals surface area contributed by atoms with E-state index in [1.165, 1.54) is 11.1 Å². The monoisotopic (exact) mass is 429 g/mol. The van der Waals surface area contributed by atoms with Gasteiger partial charge in [0.2, 0.25) is 0 Å². The van der Waals surface area contributed by atoms with E-state index >= 15 is 0 Å². The zero-order valence-corrected chi connectivity index (χ0v) is 17.0. The van der Waals surface area contributed by atoms with E-state index in [0.717, 1.165) is 27.0 Å². The van der Waals surface area contributed by atoms with Crippen molar-refractivity contribution in [3.8, 4) is 5.75 Å². The van der Waals surface area contributed by atoms with Crippen LogP contribution in [-0.2, 0) is 18.9 Å². The van der Waals surface area contributed by atoms with E-state index in [0.29, 0.717) is 13.2 Å². The van der Waals surface area contributed by atoms with E-state index in [1.54, 1.807) is 11.8 Å². The topological polar surface area (TPSA) is 39.9 Å². The van der Waals surface area contributed by atoms with Gasteiger partial charge in [0.05, 0.1) is 0 Å². The molecule has 0 fully saturated rings. The smallest absolute Gasteiger partial charge is 0.191 e. The Kier molecular flexibility index (Phi) is 6.52. The number of ether oxygens (including phenoxy) is 1. The SMILES string of the molecule is C=CCn1c(COc2ccc(C)cc2)nnc1SCc1ccc(Br)cc1. The minimum atomic E-state index is 0.378. The number of halogens is 1. The summed E-state index contributed by atoms with van der Waals surface area (Å²) in [6.07, 6.45) is 1.85. The molecule has 6 heteroatoms. The van der Waals surface area contributed by atoms with E-state index in [1.807, 2.05) is 47.0 Å². The first-order valence-electron chi connectivity index (χ1n) is 8.25. The maximum Gasteiger partial charge on any atom is 0.191 e. The van der Waals surface area contributed by atoms with Gasteiger partial charge in [-0.05, 0) is 36.8 Å². The molecule has 0 spiro atoms. The predicted molar refractivity (Wildman–Crippen MR) is 109 cm³/mol. The molecule has 3 aromatic rings. The molecule has 0 atom stereocenters. The van der Waals surface area contributed by atoms with E-state index < -0.39 is 0 Å². The van der Waals surface area contributed by atoms with Crippen molar-refractivity contribution >= 4 is 27.7 Å². The van der Waals surface area contributed by atoms with Gasteiger partial charge in [-0.15, -0.1) is 16.8 Å². The lowest BCUT2D eigenvalue weighted by molar-refractivity contribution is 0.289. The van der Waals surface area contributed by atoms with Crippen LogP contribution in [0.25, 0.3) is 0 Å². The summed E-state index contributed by atoms with van der Waals surface area (Å²) in [5, 5.41) is 9.51. The zero-order valence-electron chi connectivity index (χ0n) is 14.6. The van der Waals surface area contributed by atoms with Gasteiger partial charge in [-0.1, -0.05) is 63.6 Å². The molecule has 1 aromatic heterocycles. The summed E-state index contributed by atoms with van der Waals surface area (Å²) in [6, 6.07) is 16.3. The zero-order chi connectivity index (χ0) is 18.4. The number of thioether (sulfide) groups is 1. The Morgan fingerprint density at radius 2 is 1.85 bits per heavy atom. The summed E-state index contributed by atoms with van der Waals surface area (Å²) < 4.78 is 8.98. The molecule has 0 aliphatic rings. The molecule has 134 valence electrons. The van der Waals surface area contributed by atoms with Crippen molar-refractivity contribution in [1.29, 1.82) is 0 Å². The third-order valence-corrected chi connectivity index (χ3v) is 5.34. The second kappa shape index (κ2) is 9.05. The fraction of sp³-hybridized carbons (Fsp3) is 0.200. The molecule has 0 aliphatic heterocycles. The highest BCUT2D eigenvalue weighted by Crippen LogP contribution is 2.23. The molecular weight excluding hydrogens is 410 g/mol. The molecular formula is C20H20BrN3OS. The fourth-order valence-corrected chi connectivity index (χ4v) is 3.54. The molecule has 0 radical (unpaired) electrons. The number of aryl methyl sites for hydroxylation is 1. The number of allylic oxidation sites excluding steroid dienone is 1. The Bertz CT molecular complexity index is 793. The van der Waals surface area contributed by atoms with Crippen LogP contribution in [0, 0.1) is 6.92 Å². The van der Waals surface area contributed by atoms with Crippen LogP contribution in [0.3, 0.4) is 0 Å². The van der Waals surface area contributed by atoms with Crippen LogP contribution < -0.4 is 4.74 Å². The van der Waals surface area contributed by atoms with Gasteiger partial charge >= 0.3 is 0 Å². The van der Waals surface area contributed by atoms with Gasteiger partial charge in [0.25, 0.3) is 0 Å². The second-order valence-corrected chi connectivity index (χ2v) is 7.67. The second-order valence-electron chi connectivity index (χ2n) is 5.81. The van der Waals surface area contributed by atoms with Gasteiger partial charge in [0, 0.05) is 16.8 Å². The lowest BCUT2D eigenvalue weighted by Gasteiger charge is -2.09. The van der Waals surface area contributed by atoms with Gasteiger partial charge in [-0.3, -0.25) is 4.57 Å². The number of nitrogens with zero attached hydrogens (tertiary/aromatic N) is 3. The third kappa shape index (κ3) is 4.99. The Hall–Kier alpha value is -2.05. The predicted octanol–water partition coefficient (Wildman–Crippen LogP) is 5.41. The van der Waals surface area contributed by atoms with Crippen molar-refractivity contribution < 1.29 is 4.74 Å². The van der Waals surface area contributed by atoms with Crippen molar-refractivity contribution in [2.75, 3.05) is 0 Å². The molecule has 26 heavy (non-hydrogen) atoms. The van der Waals surface area contributed by atoms with Crippen LogP contribution in [0.15, 0.2) is 70.8 Å². The van der Waals surface area contributed by atoms with E-state index in [-0.39, 0.29) is 0 Å². The minimum Gasteiger partial charge on any atom is -0.486 e. The van der Waals surface area contributed by atoms with Crippen LogP contribution in [0.5, 0.6) is 5.75 Å². The Morgan fingerprint density at radius 1 is 1.12 bits per heavy atom. The lowest BCUT2D eigenvalue weighted by Crippen LogP contribution is -2.07. The molecule has 2 aromatic carbocycles. The molecule has 0 unspecified atom stereocenters. The standard InChI is InChI=1S/C20H20BrN3OS/c1-3-12-24-19(13-25-18-10-4-15(2)5-11-18)22-23-20(24)26-14-16-6-8-17(21)9-7-16/h3-11H,1,12-14H2,2H3. The summed E-state index contributed by atoms with van der Waals surface area (Å²) in [5.74, 6) is 2.46. The molecule has 0 N–H and O–H groups in total. The summed E-state index contributed by atoms with van der Waals surface area (Å²) in [5.41, 5.74) is 2.45. The Balaban J connectivity index is 1.67. The molecule has 0 amide bonds. The van der Waals surface area contributed by atoms with Crippen molar-refractivity contribution in [3.63, 3.8) is 0 Å². The van der Waals surface area contributed by atoms with Crippen molar-refractivity contribution in [1.82, 2.24) is 14.8 Å². The minimum absolute atomic E-state index is 0.378. The number of aromatic nitrogens is 3. The van der Waals surface area contributed by atoms with Gasteiger partial charge < -0.3 is 4.74 Å². The lowest BCUT2D eigenvalue weighted by atomic mass is 10.2. The van der Waals surface area contributed by atoms with Gasteiger partial charge in [0.1, 0.15) is 12.4 Å². The van der Waals surface area contributed by atoms with Crippen LogP contribution >= 0.6 is 27.7 Å². The molecule has 4 nitrogen and oxygen atoms in total. The number of hydrogen-bond acceptors (Lipinski definition) is 4. The van der Waals surface area contributed by atoms with Crippen molar-refractivity contribution in [2.24, 2.45) is 0 Å². The quantitative estimate of drug-likeness (QED) is 0.354. The van der Waals surface area contributed by atoms with E-state index in [9.17, 15) is 0 Å². The van der Waals surface area contributed by atoms with Crippen LogP contribution in [0.2, 0.25) is 0 Å². The maximum atomic E-state index is 5.85. The average molecular weight is 430 g/mol. The summed E-state index contributed by atoms with van der Waals surface area (Å²) in [4.78, 5) is 0. The van der Waals surface area contributed by atoms with Crippen molar-refractivity contribution in [3.05, 3.63) is 82.6 Å². The van der Waals surface area contributed by atoms with Gasteiger partial charge in [-0.25, -0.2) is 0 Å². The molecule has 0 saturated carbocycles. The highest BCUT2D eigenvalue weighted by Gasteiger charge is 2.12. The van der Waals surface area contributed by atoms with Gasteiger partial charge in [0.15, 0.2) is 11.0 Å². The van der Waals surface area contributed by atoms with E-state index in [2.05, 4.69) is 51.8 Å². The normalized spacial score (nSPS) is 10.7. The largest absolute Gasteiger partial charge is 0.486 e. The molecule has 1 heterocycles. The van der Waals surface area contributed by atoms with E-state index in [4.69, 9.17) is 4.74 Å².